The van der Waals surface area contributed by atoms with Gasteiger partial charge in [-0.05, 0) is 32.8 Å². The number of hydrogen-bond acceptors (Lipinski definition) is 4. The zero-order valence-corrected chi connectivity index (χ0v) is 16.6. The number of carbonyl (C=O) groups is 1. The Morgan fingerprint density at radius 2 is 1.96 bits per heavy atom. The molecular weight excluding hydrogens is 352 g/mol. The highest BCUT2D eigenvalue weighted by atomic mass is 16.1. The first-order valence-electron chi connectivity index (χ1n) is 9.76. The van der Waals surface area contributed by atoms with E-state index >= 15 is 0 Å². The summed E-state index contributed by atoms with van der Waals surface area (Å²) in [7, 11) is 0. The van der Waals surface area contributed by atoms with Crippen LogP contribution in [-0.2, 0) is 30.8 Å². The van der Waals surface area contributed by atoms with Crippen LogP contribution >= 0.6 is 0 Å². The Labute approximate surface area is 164 Å². The molecule has 1 atom stereocenters. The Hall–Kier alpha value is -2.96. The van der Waals surface area contributed by atoms with Crippen LogP contribution in [0, 0.1) is 26.7 Å². The molecule has 0 fully saturated rings. The summed E-state index contributed by atoms with van der Waals surface area (Å²) in [5.41, 5.74) is 4.38. The zero-order chi connectivity index (χ0) is 19.7. The van der Waals surface area contributed by atoms with Crippen molar-refractivity contribution in [2.75, 3.05) is 0 Å². The average molecular weight is 378 g/mol. The SMILES string of the molecule is Cc1nn(Cc2ccccc2)c(C)c1CNC(=O)[C@H]1CCc2nnc(C)n2C1. The van der Waals surface area contributed by atoms with E-state index in [2.05, 4.69) is 44.2 Å². The molecule has 0 radical (unpaired) electrons. The second kappa shape index (κ2) is 7.58. The van der Waals surface area contributed by atoms with Gasteiger partial charge in [-0.25, -0.2) is 0 Å². The summed E-state index contributed by atoms with van der Waals surface area (Å²) in [5.74, 6) is 1.91. The van der Waals surface area contributed by atoms with E-state index in [1.807, 2.05) is 36.7 Å². The van der Waals surface area contributed by atoms with E-state index in [-0.39, 0.29) is 11.8 Å². The normalized spacial score (nSPS) is 16.0. The molecule has 0 aliphatic carbocycles. The van der Waals surface area contributed by atoms with Crippen LogP contribution in [-0.4, -0.2) is 30.5 Å². The highest BCUT2D eigenvalue weighted by Crippen LogP contribution is 2.21. The fourth-order valence-electron chi connectivity index (χ4n) is 3.90. The van der Waals surface area contributed by atoms with E-state index in [1.54, 1.807) is 0 Å². The molecule has 0 unspecified atom stereocenters. The maximum Gasteiger partial charge on any atom is 0.225 e. The van der Waals surface area contributed by atoms with Crippen LogP contribution in [0.5, 0.6) is 0 Å². The minimum atomic E-state index is -0.0397. The van der Waals surface area contributed by atoms with Gasteiger partial charge in [-0.3, -0.25) is 9.48 Å². The summed E-state index contributed by atoms with van der Waals surface area (Å²) in [6.45, 7) is 7.91. The van der Waals surface area contributed by atoms with E-state index in [9.17, 15) is 4.79 Å². The molecule has 3 aromatic rings. The minimum absolute atomic E-state index is 0.0397. The van der Waals surface area contributed by atoms with Crippen molar-refractivity contribution < 1.29 is 4.79 Å². The van der Waals surface area contributed by atoms with Crippen LogP contribution in [0.15, 0.2) is 30.3 Å². The van der Waals surface area contributed by atoms with Gasteiger partial charge in [0.25, 0.3) is 0 Å². The fraction of sp³-hybridized carbons (Fsp3) is 0.429. The first-order valence-corrected chi connectivity index (χ1v) is 9.76. The molecule has 0 bridgehead atoms. The number of benzene rings is 1. The van der Waals surface area contributed by atoms with Gasteiger partial charge in [0, 0.05) is 30.8 Å². The number of nitrogens with one attached hydrogen (secondary N) is 1. The van der Waals surface area contributed by atoms with E-state index in [0.29, 0.717) is 13.1 Å². The molecule has 0 saturated heterocycles. The van der Waals surface area contributed by atoms with Gasteiger partial charge in [-0.15, -0.1) is 10.2 Å². The molecule has 146 valence electrons. The van der Waals surface area contributed by atoms with Crippen molar-refractivity contribution in [1.82, 2.24) is 29.9 Å². The third-order valence-electron chi connectivity index (χ3n) is 5.65. The van der Waals surface area contributed by atoms with Crippen molar-refractivity contribution in [1.29, 1.82) is 0 Å². The molecule has 28 heavy (non-hydrogen) atoms. The fourth-order valence-corrected chi connectivity index (χ4v) is 3.90. The Bertz CT molecular complexity index is 988. The lowest BCUT2D eigenvalue weighted by atomic mass is 9.98. The lowest BCUT2D eigenvalue weighted by Gasteiger charge is -2.23. The van der Waals surface area contributed by atoms with Crippen LogP contribution < -0.4 is 5.32 Å². The number of fused-ring (bicyclic) bond motifs is 1. The summed E-state index contributed by atoms with van der Waals surface area (Å²) in [4.78, 5) is 12.7. The van der Waals surface area contributed by atoms with Gasteiger partial charge in [-0.2, -0.15) is 5.10 Å². The molecule has 3 heterocycles. The molecule has 1 aromatic carbocycles. The smallest absolute Gasteiger partial charge is 0.225 e. The monoisotopic (exact) mass is 378 g/mol. The Morgan fingerprint density at radius 3 is 2.75 bits per heavy atom. The van der Waals surface area contributed by atoms with Crippen molar-refractivity contribution in [3.05, 3.63) is 64.5 Å². The summed E-state index contributed by atoms with van der Waals surface area (Å²) >= 11 is 0. The van der Waals surface area contributed by atoms with E-state index in [4.69, 9.17) is 0 Å². The van der Waals surface area contributed by atoms with Crippen LogP contribution in [0.1, 0.15) is 40.6 Å². The topological polar surface area (TPSA) is 77.6 Å². The summed E-state index contributed by atoms with van der Waals surface area (Å²) in [5, 5.41) is 16.1. The van der Waals surface area contributed by atoms with Gasteiger partial charge in [0.15, 0.2) is 0 Å². The molecule has 0 spiro atoms. The van der Waals surface area contributed by atoms with E-state index < -0.39 is 0 Å². The van der Waals surface area contributed by atoms with E-state index in [1.165, 1.54) is 5.56 Å². The van der Waals surface area contributed by atoms with Crippen molar-refractivity contribution >= 4 is 5.91 Å². The lowest BCUT2D eigenvalue weighted by molar-refractivity contribution is -0.126. The predicted octanol–water partition coefficient (Wildman–Crippen LogP) is 2.33. The number of carbonyl (C=O) groups excluding carboxylic acids is 1. The Kier molecular flexibility index (Phi) is 4.98. The minimum Gasteiger partial charge on any atom is -0.352 e. The second-order valence-corrected chi connectivity index (χ2v) is 7.52. The van der Waals surface area contributed by atoms with Crippen LogP contribution in [0.3, 0.4) is 0 Å². The second-order valence-electron chi connectivity index (χ2n) is 7.52. The number of aromatic nitrogens is 5. The standard InChI is InChI=1S/C21H26N6O/c1-14-19(15(2)27(25-14)12-17-7-5-4-6-8-17)11-22-21(28)18-9-10-20-24-23-16(3)26(20)13-18/h4-8,18H,9-13H2,1-3H3,(H,22,28)/t18-/m0/s1. The van der Waals surface area contributed by atoms with Gasteiger partial charge >= 0.3 is 0 Å². The zero-order valence-electron chi connectivity index (χ0n) is 16.6. The van der Waals surface area contributed by atoms with Crippen molar-refractivity contribution in [2.45, 2.75) is 53.2 Å². The number of amides is 1. The summed E-state index contributed by atoms with van der Waals surface area (Å²) in [6.07, 6.45) is 1.61. The number of nitrogens with zero attached hydrogens (tertiary/aromatic N) is 5. The van der Waals surface area contributed by atoms with Crippen LogP contribution in [0.2, 0.25) is 0 Å². The Morgan fingerprint density at radius 1 is 1.18 bits per heavy atom. The molecule has 7 nitrogen and oxygen atoms in total. The van der Waals surface area contributed by atoms with Crippen molar-refractivity contribution in [3.63, 3.8) is 0 Å². The molecule has 1 aliphatic rings. The van der Waals surface area contributed by atoms with Crippen LogP contribution in [0.25, 0.3) is 0 Å². The highest BCUT2D eigenvalue weighted by molar-refractivity contribution is 5.78. The maximum atomic E-state index is 12.7. The van der Waals surface area contributed by atoms with Gasteiger partial charge in [0.1, 0.15) is 11.6 Å². The molecule has 0 saturated carbocycles. The van der Waals surface area contributed by atoms with Gasteiger partial charge < -0.3 is 9.88 Å². The predicted molar refractivity (Wildman–Crippen MR) is 106 cm³/mol. The van der Waals surface area contributed by atoms with Gasteiger partial charge in [-0.1, -0.05) is 30.3 Å². The van der Waals surface area contributed by atoms with Gasteiger partial charge in [0.05, 0.1) is 18.2 Å². The Balaban J connectivity index is 1.41. The molecular formula is C21H26N6O. The van der Waals surface area contributed by atoms with Crippen molar-refractivity contribution in [2.24, 2.45) is 5.92 Å². The van der Waals surface area contributed by atoms with Crippen molar-refractivity contribution in [3.8, 4) is 0 Å². The first kappa shape index (κ1) is 18.4. The first-order chi connectivity index (χ1) is 13.5. The maximum absolute atomic E-state index is 12.7. The van der Waals surface area contributed by atoms with Crippen LogP contribution in [0.4, 0.5) is 0 Å². The number of aryl methyl sites for hydroxylation is 3. The third-order valence-corrected chi connectivity index (χ3v) is 5.65. The molecule has 2 aromatic heterocycles. The quantitative estimate of drug-likeness (QED) is 0.739. The number of rotatable bonds is 5. The highest BCUT2D eigenvalue weighted by Gasteiger charge is 2.27. The molecule has 1 aliphatic heterocycles. The van der Waals surface area contributed by atoms with E-state index in [0.717, 1.165) is 48.0 Å². The molecule has 4 rings (SSSR count). The third kappa shape index (κ3) is 3.56. The largest absolute Gasteiger partial charge is 0.352 e. The van der Waals surface area contributed by atoms with Gasteiger partial charge in [0.2, 0.25) is 5.91 Å². The summed E-state index contributed by atoms with van der Waals surface area (Å²) < 4.78 is 4.07. The number of hydrogen-bond donors (Lipinski definition) is 1. The molecule has 1 N–H and O–H groups in total. The summed E-state index contributed by atoms with van der Waals surface area (Å²) in [6, 6.07) is 10.3. The molecule has 7 heteroatoms. The average Bonchev–Trinajstić information content (AvgIpc) is 3.20. The lowest BCUT2D eigenvalue weighted by Crippen LogP contribution is -2.36. The molecule has 1 amide bonds.